The predicted molar refractivity (Wildman–Crippen MR) is 90.9 cm³/mol. The first-order valence-corrected chi connectivity index (χ1v) is 8.66. The molecule has 1 aromatic rings. The molecule has 2 fully saturated rings. The minimum Gasteiger partial charge on any atom is -0.481 e. The van der Waals surface area contributed by atoms with Crippen LogP contribution >= 0.6 is 0 Å². The van der Waals surface area contributed by atoms with E-state index in [1.54, 1.807) is 24.3 Å². The number of carboxylic acids is 1. The van der Waals surface area contributed by atoms with E-state index in [2.05, 4.69) is 10.6 Å². The Labute approximate surface area is 145 Å². The minimum absolute atomic E-state index is 0.00491. The largest absolute Gasteiger partial charge is 0.481 e. The third kappa shape index (κ3) is 3.04. The van der Waals surface area contributed by atoms with E-state index < -0.39 is 17.8 Å². The number of nitrogens with one attached hydrogen (secondary N) is 2. The molecule has 3 aliphatic carbocycles. The number of amides is 2. The molecule has 130 valence electrons. The van der Waals surface area contributed by atoms with Crippen LogP contribution in [0.4, 0.5) is 5.69 Å². The maximum absolute atomic E-state index is 12.6. The predicted octanol–water partition coefficient (Wildman–Crippen LogP) is 2.04. The number of aliphatic carboxylic acids is 1. The molecule has 0 aliphatic heterocycles. The van der Waals surface area contributed by atoms with Gasteiger partial charge in [-0.3, -0.25) is 14.4 Å². The van der Waals surface area contributed by atoms with Gasteiger partial charge in [-0.1, -0.05) is 12.2 Å². The fraction of sp³-hybridized carbons (Fsp3) is 0.421. The van der Waals surface area contributed by atoms with Gasteiger partial charge in [-0.25, -0.2) is 0 Å². The Morgan fingerprint density at radius 1 is 0.960 bits per heavy atom. The Kier molecular flexibility index (Phi) is 3.82. The quantitative estimate of drug-likeness (QED) is 0.715. The normalized spacial score (nSPS) is 29.4. The molecule has 0 radical (unpaired) electrons. The lowest BCUT2D eigenvalue weighted by Crippen LogP contribution is -2.36. The number of allylic oxidation sites excluding steroid dienone is 2. The molecule has 6 heteroatoms. The van der Waals surface area contributed by atoms with Gasteiger partial charge in [0.1, 0.15) is 0 Å². The Hall–Kier alpha value is -2.63. The number of hydrogen-bond acceptors (Lipinski definition) is 3. The van der Waals surface area contributed by atoms with Crippen LogP contribution in [0, 0.1) is 23.7 Å². The summed E-state index contributed by atoms with van der Waals surface area (Å²) in [6, 6.07) is 6.99. The van der Waals surface area contributed by atoms with E-state index >= 15 is 0 Å². The highest BCUT2D eigenvalue weighted by atomic mass is 16.4. The SMILES string of the molecule is O=C(NC1CC1)c1ccc(NC(=O)[C@H]2[C@H](C(=O)O)[C@H]3C=C[C@H]2C3)cc1. The molecule has 2 saturated carbocycles. The molecule has 3 N–H and O–H groups in total. The summed E-state index contributed by atoms with van der Waals surface area (Å²) in [5, 5.41) is 15.2. The lowest BCUT2D eigenvalue weighted by atomic mass is 9.82. The highest BCUT2D eigenvalue weighted by molar-refractivity contribution is 5.98. The molecule has 6 nitrogen and oxygen atoms in total. The van der Waals surface area contributed by atoms with Crippen LogP contribution in [-0.4, -0.2) is 28.9 Å². The topological polar surface area (TPSA) is 95.5 Å². The maximum Gasteiger partial charge on any atom is 0.307 e. The minimum atomic E-state index is -0.913. The lowest BCUT2D eigenvalue weighted by Gasteiger charge is -2.23. The average Bonchev–Trinajstić information content (AvgIpc) is 3.16. The lowest BCUT2D eigenvalue weighted by molar-refractivity contribution is -0.146. The number of carbonyl (C=O) groups excluding carboxylic acids is 2. The Morgan fingerprint density at radius 3 is 2.20 bits per heavy atom. The molecule has 1 aromatic carbocycles. The van der Waals surface area contributed by atoms with Crippen molar-refractivity contribution >= 4 is 23.5 Å². The molecule has 2 amide bonds. The van der Waals surface area contributed by atoms with Gasteiger partial charge >= 0.3 is 5.97 Å². The third-order valence-corrected chi connectivity index (χ3v) is 5.37. The molecule has 0 unspecified atom stereocenters. The highest BCUT2D eigenvalue weighted by Crippen LogP contribution is 2.48. The molecule has 4 atom stereocenters. The first-order valence-electron chi connectivity index (χ1n) is 8.66. The highest BCUT2D eigenvalue weighted by Gasteiger charge is 2.51. The van der Waals surface area contributed by atoms with Crippen molar-refractivity contribution in [2.24, 2.45) is 23.7 Å². The van der Waals surface area contributed by atoms with Gasteiger partial charge in [-0.2, -0.15) is 0 Å². The summed E-state index contributed by atoms with van der Waals surface area (Å²) in [5.74, 6) is -2.53. The molecule has 4 rings (SSSR count). The van der Waals surface area contributed by atoms with Gasteiger partial charge in [-0.15, -0.1) is 0 Å². The third-order valence-electron chi connectivity index (χ3n) is 5.37. The van der Waals surface area contributed by atoms with E-state index in [1.165, 1.54) is 0 Å². The zero-order valence-electron chi connectivity index (χ0n) is 13.6. The number of anilines is 1. The number of benzene rings is 1. The van der Waals surface area contributed by atoms with Gasteiger partial charge in [0.2, 0.25) is 5.91 Å². The summed E-state index contributed by atoms with van der Waals surface area (Å²) in [6.45, 7) is 0. The molecule has 2 bridgehead atoms. The van der Waals surface area contributed by atoms with Crippen molar-refractivity contribution in [3.63, 3.8) is 0 Å². The zero-order chi connectivity index (χ0) is 17.6. The monoisotopic (exact) mass is 340 g/mol. The maximum atomic E-state index is 12.6. The van der Waals surface area contributed by atoms with Crippen LogP contribution in [0.1, 0.15) is 29.6 Å². The standard InChI is InChI=1S/C19H20N2O4/c22-17(20-14-7-8-14)10-3-5-13(6-4-10)21-18(23)15-11-1-2-12(9-11)16(15)19(24)25/h1-6,11-12,14-16H,7-9H2,(H,20,22)(H,21,23)(H,24,25)/t11-,12-,15+,16+/m0/s1. The van der Waals surface area contributed by atoms with Crippen molar-refractivity contribution < 1.29 is 19.5 Å². The number of carboxylic acid groups (broad SMARTS) is 1. The van der Waals surface area contributed by atoms with E-state index in [-0.39, 0.29) is 23.7 Å². The summed E-state index contributed by atoms with van der Waals surface area (Å²) in [4.78, 5) is 36.1. The Balaban J connectivity index is 1.43. The zero-order valence-corrected chi connectivity index (χ0v) is 13.6. The fourth-order valence-electron chi connectivity index (χ4n) is 3.94. The molecule has 0 aromatic heterocycles. The summed E-state index contributed by atoms with van der Waals surface area (Å²) in [6.07, 6.45) is 6.67. The van der Waals surface area contributed by atoms with E-state index in [1.807, 2.05) is 12.2 Å². The van der Waals surface area contributed by atoms with Crippen LogP contribution in [0.15, 0.2) is 36.4 Å². The van der Waals surface area contributed by atoms with E-state index in [9.17, 15) is 19.5 Å². The summed E-state index contributed by atoms with van der Waals surface area (Å²) < 4.78 is 0. The smallest absolute Gasteiger partial charge is 0.307 e. The number of fused-ring (bicyclic) bond motifs is 2. The molecule has 0 spiro atoms. The first kappa shape index (κ1) is 15.9. The van der Waals surface area contributed by atoms with Crippen LogP contribution in [-0.2, 0) is 9.59 Å². The number of rotatable bonds is 5. The molecule has 25 heavy (non-hydrogen) atoms. The Morgan fingerprint density at radius 2 is 1.60 bits per heavy atom. The van der Waals surface area contributed by atoms with Crippen LogP contribution in [0.25, 0.3) is 0 Å². The first-order chi connectivity index (χ1) is 12.0. The second kappa shape index (κ2) is 6.02. The van der Waals surface area contributed by atoms with Crippen LogP contribution in [0.3, 0.4) is 0 Å². The molecule has 0 saturated heterocycles. The molecular formula is C19H20N2O4. The van der Waals surface area contributed by atoms with Gasteiger partial charge in [0, 0.05) is 17.3 Å². The van der Waals surface area contributed by atoms with Crippen molar-refractivity contribution in [1.82, 2.24) is 5.32 Å². The van der Waals surface area contributed by atoms with Crippen LogP contribution < -0.4 is 10.6 Å². The van der Waals surface area contributed by atoms with Crippen molar-refractivity contribution in [3.05, 3.63) is 42.0 Å². The molecule has 3 aliphatic rings. The van der Waals surface area contributed by atoms with Crippen LogP contribution in [0.5, 0.6) is 0 Å². The second-order valence-corrected chi connectivity index (χ2v) is 7.15. The molecule has 0 heterocycles. The van der Waals surface area contributed by atoms with E-state index in [0.717, 1.165) is 19.3 Å². The molecular weight excluding hydrogens is 320 g/mol. The van der Waals surface area contributed by atoms with Crippen molar-refractivity contribution in [3.8, 4) is 0 Å². The average molecular weight is 340 g/mol. The van der Waals surface area contributed by atoms with Gasteiger partial charge in [0.25, 0.3) is 5.91 Å². The van der Waals surface area contributed by atoms with E-state index in [0.29, 0.717) is 17.3 Å². The van der Waals surface area contributed by atoms with Crippen LogP contribution in [0.2, 0.25) is 0 Å². The van der Waals surface area contributed by atoms with Gasteiger partial charge < -0.3 is 15.7 Å². The van der Waals surface area contributed by atoms with Gasteiger partial charge in [0.05, 0.1) is 11.8 Å². The fourth-order valence-corrected chi connectivity index (χ4v) is 3.94. The van der Waals surface area contributed by atoms with Gasteiger partial charge in [-0.05, 0) is 55.4 Å². The van der Waals surface area contributed by atoms with Crippen molar-refractivity contribution in [1.29, 1.82) is 0 Å². The Bertz CT molecular complexity index is 751. The van der Waals surface area contributed by atoms with Gasteiger partial charge in [0.15, 0.2) is 0 Å². The van der Waals surface area contributed by atoms with E-state index in [4.69, 9.17) is 0 Å². The second-order valence-electron chi connectivity index (χ2n) is 7.15. The van der Waals surface area contributed by atoms with Crippen molar-refractivity contribution in [2.75, 3.05) is 5.32 Å². The summed E-state index contributed by atoms with van der Waals surface area (Å²) in [5.41, 5.74) is 1.13. The number of hydrogen-bond donors (Lipinski definition) is 3. The summed E-state index contributed by atoms with van der Waals surface area (Å²) >= 11 is 0. The number of carbonyl (C=O) groups is 3. The summed E-state index contributed by atoms with van der Waals surface area (Å²) in [7, 11) is 0. The van der Waals surface area contributed by atoms with Crippen molar-refractivity contribution in [2.45, 2.75) is 25.3 Å².